The van der Waals surface area contributed by atoms with E-state index in [0.29, 0.717) is 11.5 Å². The lowest BCUT2D eigenvalue weighted by Crippen LogP contribution is -2.12. The van der Waals surface area contributed by atoms with Gasteiger partial charge in [0.25, 0.3) is 5.91 Å². The molecule has 2 aromatic rings. The Kier molecular flexibility index (Phi) is 4.96. The van der Waals surface area contributed by atoms with Crippen molar-refractivity contribution in [3.63, 3.8) is 0 Å². The van der Waals surface area contributed by atoms with E-state index in [-0.39, 0.29) is 5.91 Å². The standard InChI is InChI=1S/C17H18BrNO/c1-3-12(2)13-8-10-14(11-9-13)19-17(20)15-6-4-5-7-16(15)18/h4-12H,3H2,1-2H3,(H,19,20). The molecule has 0 aromatic heterocycles. The van der Waals surface area contributed by atoms with Gasteiger partial charge in [0.15, 0.2) is 0 Å². The summed E-state index contributed by atoms with van der Waals surface area (Å²) < 4.78 is 0.800. The number of benzene rings is 2. The van der Waals surface area contributed by atoms with Crippen molar-refractivity contribution < 1.29 is 4.79 Å². The molecule has 0 fully saturated rings. The van der Waals surface area contributed by atoms with E-state index in [2.05, 4.69) is 47.2 Å². The first kappa shape index (κ1) is 14.8. The second kappa shape index (κ2) is 6.71. The highest BCUT2D eigenvalue weighted by atomic mass is 79.9. The Labute approximate surface area is 128 Å². The number of rotatable bonds is 4. The number of carbonyl (C=O) groups excluding carboxylic acids is 1. The van der Waals surface area contributed by atoms with E-state index >= 15 is 0 Å². The third-order valence-corrected chi connectivity index (χ3v) is 4.16. The van der Waals surface area contributed by atoms with Gasteiger partial charge in [-0.1, -0.05) is 38.1 Å². The third-order valence-electron chi connectivity index (χ3n) is 3.47. The van der Waals surface area contributed by atoms with Gasteiger partial charge in [0, 0.05) is 10.2 Å². The van der Waals surface area contributed by atoms with Crippen molar-refractivity contribution in [2.24, 2.45) is 0 Å². The fraction of sp³-hybridized carbons (Fsp3) is 0.235. The van der Waals surface area contributed by atoms with Crippen molar-refractivity contribution in [2.75, 3.05) is 5.32 Å². The van der Waals surface area contributed by atoms with Gasteiger partial charge in [0.1, 0.15) is 0 Å². The van der Waals surface area contributed by atoms with Crippen LogP contribution in [0.1, 0.15) is 42.1 Å². The molecule has 0 aliphatic carbocycles. The SMILES string of the molecule is CCC(C)c1ccc(NC(=O)c2ccccc2Br)cc1. The highest BCUT2D eigenvalue weighted by Gasteiger charge is 2.09. The Morgan fingerprint density at radius 2 is 1.80 bits per heavy atom. The van der Waals surface area contributed by atoms with Gasteiger partial charge < -0.3 is 5.32 Å². The van der Waals surface area contributed by atoms with Crippen LogP contribution >= 0.6 is 15.9 Å². The predicted molar refractivity (Wildman–Crippen MR) is 87.2 cm³/mol. The Bertz CT molecular complexity index is 592. The topological polar surface area (TPSA) is 29.1 Å². The summed E-state index contributed by atoms with van der Waals surface area (Å²) in [6, 6.07) is 15.5. The molecule has 2 nitrogen and oxygen atoms in total. The van der Waals surface area contributed by atoms with Gasteiger partial charge in [-0.15, -0.1) is 0 Å². The molecule has 0 aliphatic rings. The molecule has 0 spiro atoms. The zero-order chi connectivity index (χ0) is 14.5. The summed E-state index contributed by atoms with van der Waals surface area (Å²) in [6.07, 6.45) is 1.11. The zero-order valence-corrected chi connectivity index (χ0v) is 13.3. The average Bonchev–Trinajstić information content (AvgIpc) is 2.47. The van der Waals surface area contributed by atoms with Crippen molar-refractivity contribution in [1.29, 1.82) is 0 Å². The maximum atomic E-state index is 12.2. The van der Waals surface area contributed by atoms with Crippen molar-refractivity contribution >= 4 is 27.5 Å². The molecular formula is C17H18BrNO. The summed E-state index contributed by atoms with van der Waals surface area (Å²) in [6.45, 7) is 4.38. The van der Waals surface area contributed by atoms with Crippen LogP contribution in [0.4, 0.5) is 5.69 Å². The summed E-state index contributed by atoms with van der Waals surface area (Å²) in [5, 5.41) is 2.91. The third kappa shape index (κ3) is 3.48. The molecule has 2 aromatic carbocycles. The van der Waals surface area contributed by atoms with E-state index < -0.39 is 0 Å². The van der Waals surface area contributed by atoms with Crippen LogP contribution in [0, 0.1) is 0 Å². The summed E-state index contributed by atoms with van der Waals surface area (Å²) in [4.78, 5) is 12.2. The molecule has 2 rings (SSSR count). The molecule has 0 aliphatic heterocycles. The summed E-state index contributed by atoms with van der Waals surface area (Å²) in [5.74, 6) is 0.441. The summed E-state index contributed by atoms with van der Waals surface area (Å²) >= 11 is 3.39. The molecule has 0 saturated carbocycles. The van der Waals surface area contributed by atoms with E-state index in [0.717, 1.165) is 16.6 Å². The van der Waals surface area contributed by atoms with Crippen LogP contribution in [0.25, 0.3) is 0 Å². The number of anilines is 1. The molecule has 1 atom stereocenters. The largest absolute Gasteiger partial charge is 0.322 e. The lowest BCUT2D eigenvalue weighted by atomic mass is 9.98. The highest BCUT2D eigenvalue weighted by Crippen LogP contribution is 2.22. The van der Waals surface area contributed by atoms with Crippen molar-refractivity contribution in [3.8, 4) is 0 Å². The first-order valence-corrected chi connectivity index (χ1v) is 7.57. The number of hydrogen-bond donors (Lipinski definition) is 1. The molecule has 20 heavy (non-hydrogen) atoms. The van der Waals surface area contributed by atoms with E-state index in [9.17, 15) is 4.79 Å². The highest BCUT2D eigenvalue weighted by molar-refractivity contribution is 9.10. The van der Waals surface area contributed by atoms with Crippen LogP contribution < -0.4 is 5.32 Å². The number of halogens is 1. The fourth-order valence-electron chi connectivity index (χ4n) is 1.97. The normalized spacial score (nSPS) is 11.9. The lowest BCUT2D eigenvalue weighted by Gasteiger charge is -2.11. The Morgan fingerprint density at radius 1 is 1.15 bits per heavy atom. The van der Waals surface area contributed by atoms with Gasteiger partial charge in [-0.3, -0.25) is 4.79 Å². The first-order chi connectivity index (χ1) is 9.61. The zero-order valence-electron chi connectivity index (χ0n) is 11.7. The van der Waals surface area contributed by atoms with Gasteiger partial charge >= 0.3 is 0 Å². The van der Waals surface area contributed by atoms with Gasteiger partial charge in [-0.2, -0.15) is 0 Å². The molecular weight excluding hydrogens is 314 g/mol. The van der Waals surface area contributed by atoms with E-state index in [1.54, 1.807) is 6.07 Å². The Hall–Kier alpha value is -1.61. The van der Waals surface area contributed by atoms with Crippen molar-refractivity contribution in [1.82, 2.24) is 0 Å². The molecule has 1 unspecified atom stereocenters. The molecule has 104 valence electrons. The maximum Gasteiger partial charge on any atom is 0.256 e. The Balaban J connectivity index is 2.11. The van der Waals surface area contributed by atoms with Crippen LogP contribution in [0.3, 0.4) is 0 Å². The molecule has 1 N–H and O–H groups in total. The number of amides is 1. The minimum atomic E-state index is -0.103. The molecule has 0 bridgehead atoms. The predicted octanol–water partition coefficient (Wildman–Crippen LogP) is 5.21. The lowest BCUT2D eigenvalue weighted by molar-refractivity contribution is 0.102. The molecule has 1 amide bonds. The van der Waals surface area contributed by atoms with Crippen LogP contribution in [0.2, 0.25) is 0 Å². The van der Waals surface area contributed by atoms with Gasteiger partial charge in [0.2, 0.25) is 0 Å². The monoisotopic (exact) mass is 331 g/mol. The van der Waals surface area contributed by atoms with E-state index in [1.807, 2.05) is 30.3 Å². The Morgan fingerprint density at radius 3 is 2.40 bits per heavy atom. The molecule has 3 heteroatoms. The van der Waals surface area contributed by atoms with Crippen LogP contribution in [0.15, 0.2) is 53.0 Å². The van der Waals surface area contributed by atoms with Crippen LogP contribution in [0.5, 0.6) is 0 Å². The first-order valence-electron chi connectivity index (χ1n) is 6.77. The van der Waals surface area contributed by atoms with E-state index in [1.165, 1.54) is 5.56 Å². The van der Waals surface area contributed by atoms with Gasteiger partial charge in [-0.05, 0) is 58.1 Å². The average molecular weight is 332 g/mol. The van der Waals surface area contributed by atoms with E-state index in [4.69, 9.17) is 0 Å². The fourth-order valence-corrected chi connectivity index (χ4v) is 2.44. The smallest absolute Gasteiger partial charge is 0.256 e. The quantitative estimate of drug-likeness (QED) is 0.818. The maximum absolute atomic E-state index is 12.2. The minimum absolute atomic E-state index is 0.103. The molecule has 0 heterocycles. The summed E-state index contributed by atoms with van der Waals surface area (Å²) in [7, 11) is 0. The van der Waals surface area contributed by atoms with Crippen molar-refractivity contribution in [3.05, 3.63) is 64.1 Å². The molecule has 0 saturated heterocycles. The van der Waals surface area contributed by atoms with Crippen LogP contribution in [-0.2, 0) is 0 Å². The van der Waals surface area contributed by atoms with Gasteiger partial charge in [0.05, 0.1) is 5.56 Å². The molecule has 0 radical (unpaired) electrons. The number of nitrogens with one attached hydrogen (secondary N) is 1. The number of carbonyl (C=O) groups is 1. The summed E-state index contributed by atoms with van der Waals surface area (Å²) in [5.41, 5.74) is 2.75. The number of hydrogen-bond acceptors (Lipinski definition) is 1. The van der Waals surface area contributed by atoms with Crippen molar-refractivity contribution in [2.45, 2.75) is 26.2 Å². The second-order valence-electron chi connectivity index (χ2n) is 4.87. The second-order valence-corrected chi connectivity index (χ2v) is 5.72. The van der Waals surface area contributed by atoms with Gasteiger partial charge in [-0.25, -0.2) is 0 Å². The van der Waals surface area contributed by atoms with Crippen LogP contribution in [-0.4, -0.2) is 5.91 Å². The minimum Gasteiger partial charge on any atom is -0.322 e.